The first kappa shape index (κ1) is 22.9. The van der Waals surface area contributed by atoms with Gasteiger partial charge in [0, 0.05) is 33.0 Å². The maximum absolute atomic E-state index is 10.1. The zero-order valence-corrected chi connectivity index (χ0v) is 19.1. The number of para-hydroxylation sites is 2. The van der Waals surface area contributed by atoms with Crippen molar-refractivity contribution in [3.05, 3.63) is 119 Å². The van der Waals surface area contributed by atoms with E-state index in [9.17, 15) is 10.2 Å². The van der Waals surface area contributed by atoms with Crippen LogP contribution in [-0.2, 0) is 0 Å². The summed E-state index contributed by atoms with van der Waals surface area (Å²) >= 11 is 1.50. The van der Waals surface area contributed by atoms with E-state index >= 15 is 0 Å². The fraction of sp³-hybridized carbons (Fsp3) is 0.143. The fourth-order valence-electron chi connectivity index (χ4n) is 4.16. The summed E-state index contributed by atoms with van der Waals surface area (Å²) in [7, 11) is 0. The van der Waals surface area contributed by atoms with E-state index in [1.165, 1.54) is 11.8 Å². The molecule has 5 heteroatoms. The summed E-state index contributed by atoms with van der Waals surface area (Å²) in [6.45, 7) is -0.0651. The van der Waals surface area contributed by atoms with E-state index in [4.69, 9.17) is 11.5 Å². The van der Waals surface area contributed by atoms with Crippen LogP contribution in [0.2, 0.25) is 0 Å². The summed E-state index contributed by atoms with van der Waals surface area (Å²) in [5.74, 6) is -0.403. The Balaban J connectivity index is 1.68. The number of aliphatic hydroxyl groups is 2. The summed E-state index contributed by atoms with van der Waals surface area (Å²) in [6, 6.07) is 31.5. The molecule has 0 saturated heterocycles. The zero-order chi connectivity index (χ0) is 23.2. The van der Waals surface area contributed by atoms with E-state index in [1.807, 2.05) is 97.1 Å². The van der Waals surface area contributed by atoms with Gasteiger partial charge in [-0.05, 0) is 34.4 Å². The smallest absolute Gasteiger partial charge is 0.0541 e. The maximum Gasteiger partial charge on any atom is 0.0541 e. The molecule has 4 aromatic carbocycles. The molecule has 0 amide bonds. The van der Waals surface area contributed by atoms with Gasteiger partial charge in [-0.3, -0.25) is 0 Å². The summed E-state index contributed by atoms with van der Waals surface area (Å²) in [6.07, 6.45) is 0. The Morgan fingerprint density at radius 1 is 0.545 bits per heavy atom. The number of aliphatic hydroxyl groups excluding tert-OH is 2. The Bertz CT molecular complexity index is 1100. The summed E-state index contributed by atoms with van der Waals surface area (Å²) in [5.41, 5.74) is 18.3. The molecule has 168 valence electrons. The van der Waals surface area contributed by atoms with E-state index in [2.05, 4.69) is 0 Å². The van der Waals surface area contributed by atoms with E-state index in [0.29, 0.717) is 11.4 Å². The van der Waals surface area contributed by atoms with Gasteiger partial charge in [0.05, 0.1) is 13.2 Å². The van der Waals surface area contributed by atoms with Crippen LogP contribution < -0.4 is 11.5 Å². The molecule has 4 rings (SSSR count). The number of hydrogen-bond donors (Lipinski definition) is 4. The Hall–Kier alpha value is -3.25. The molecule has 0 fully saturated rings. The van der Waals surface area contributed by atoms with E-state index in [0.717, 1.165) is 32.0 Å². The molecule has 33 heavy (non-hydrogen) atoms. The van der Waals surface area contributed by atoms with Crippen molar-refractivity contribution in [2.45, 2.75) is 21.6 Å². The maximum atomic E-state index is 10.1. The normalized spacial score (nSPS) is 12.9. The largest absolute Gasteiger partial charge is 0.398 e. The zero-order valence-electron chi connectivity index (χ0n) is 18.3. The highest BCUT2D eigenvalue weighted by Crippen LogP contribution is 2.42. The predicted octanol–water partition coefficient (Wildman–Crippen LogP) is 5.25. The van der Waals surface area contributed by atoms with Crippen molar-refractivity contribution in [3.8, 4) is 0 Å². The average Bonchev–Trinajstić information content (AvgIpc) is 2.86. The van der Waals surface area contributed by atoms with Gasteiger partial charge < -0.3 is 21.7 Å². The Morgan fingerprint density at radius 3 is 1.30 bits per heavy atom. The van der Waals surface area contributed by atoms with Crippen molar-refractivity contribution < 1.29 is 10.2 Å². The second kappa shape index (κ2) is 10.6. The highest BCUT2D eigenvalue weighted by molar-refractivity contribution is 7.99. The van der Waals surface area contributed by atoms with Crippen LogP contribution in [0.5, 0.6) is 0 Å². The van der Waals surface area contributed by atoms with E-state index in [-0.39, 0.29) is 25.0 Å². The number of benzene rings is 4. The van der Waals surface area contributed by atoms with E-state index < -0.39 is 0 Å². The summed E-state index contributed by atoms with van der Waals surface area (Å²) < 4.78 is 0. The Morgan fingerprint density at radius 2 is 0.939 bits per heavy atom. The third kappa shape index (κ3) is 4.91. The number of nitrogens with two attached hydrogens (primary N) is 2. The molecule has 0 aromatic heterocycles. The van der Waals surface area contributed by atoms with Gasteiger partial charge in [0.15, 0.2) is 0 Å². The molecule has 2 unspecified atom stereocenters. The second-order valence-corrected chi connectivity index (χ2v) is 9.00. The van der Waals surface area contributed by atoms with Crippen LogP contribution in [0.4, 0.5) is 11.4 Å². The lowest BCUT2D eigenvalue weighted by Gasteiger charge is -2.21. The van der Waals surface area contributed by atoms with Crippen molar-refractivity contribution in [1.82, 2.24) is 0 Å². The Kier molecular flexibility index (Phi) is 7.35. The van der Waals surface area contributed by atoms with Crippen molar-refractivity contribution in [1.29, 1.82) is 0 Å². The van der Waals surface area contributed by atoms with Crippen LogP contribution in [0.25, 0.3) is 0 Å². The second-order valence-electron chi connectivity index (χ2n) is 7.91. The molecule has 0 aliphatic heterocycles. The molecule has 0 aliphatic rings. The van der Waals surface area contributed by atoms with Gasteiger partial charge in [-0.2, -0.15) is 0 Å². The monoisotopic (exact) mass is 456 g/mol. The van der Waals surface area contributed by atoms with Crippen molar-refractivity contribution in [2.24, 2.45) is 0 Å². The molecule has 0 bridgehead atoms. The lowest BCUT2D eigenvalue weighted by atomic mass is 9.91. The highest BCUT2D eigenvalue weighted by atomic mass is 32.2. The minimum absolute atomic E-state index is 0.0325. The summed E-state index contributed by atoms with van der Waals surface area (Å²) in [5, 5.41) is 20.2. The Labute approximate surface area is 198 Å². The van der Waals surface area contributed by atoms with Gasteiger partial charge in [-0.15, -0.1) is 0 Å². The first-order valence-electron chi connectivity index (χ1n) is 10.9. The van der Waals surface area contributed by atoms with Crippen LogP contribution in [0.1, 0.15) is 34.1 Å². The van der Waals surface area contributed by atoms with Crippen LogP contribution in [0.15, 0.2) is 107 Å². The predicted molar refractivity (Wildman–Crippen MR) is 137 cm³/mol. The van der Waals surface area contributed by atoms with E-state index in [1.54, 1.807) is 0 Å². The molecule has 6 N–H and O–H groups in total. The van der Waals surface area contributed by atoms with Crippen LogP contribution >= 0.6 is 11.8 Å². The molecule has 0 spiro atoms. The van der Waals surface area contributed by atoms with Gasteiger partial charge in [0.2, 0.25) is 0 Å². The first-order valence-corrected chi connectivity index (χ1v) is 11.7. The fourth-order valence-corrected chi connectivity index (χ4v) is 5.15. The third-order valence-electron chi connectivity index (χ3n) is 5.94. The van der Waals surface area contributed by atoms with Gasteiger partial charge in [-0.1, -0.05) is 96.7 Å². The molecular weight excluding hydrogens is 428 g/mol. The molecule has 0 radical (unpaired) electrons. The van der Waals surface area contributed by atoms with Gasteiger partial charge in [0.25, 0.3) is 0 Å². The molecule has 0 saturated carbocycles. The topological polar surface area (TPSA) is 92.5 Å². The molecule has 4 aromatic rings. The van der Waals surface area contributed by atoms with Crippen LogP contribution in [-0.4, -0.2) is 23.4 Å². The van der Waals surface area contributed by atoms with Crippen molar-refractivity contribution in [3.63, 3.8) is 0 Å². The van der Waals surface area contributed by atoms with Gasteiger partial charge in [-0.25, -0.2) is 0 Å². The highest BCUT2D eigenvalue weighted by Gasteiger charge is 2.20. The van der Waals surface area contributed by atoms with Crippen LogP contribution in [0, 0.1) is 0 Å². The number of hydrogen-bond acceptors (Lipinski definition) is 5. The molecule has 0 heterocycles. The molecule has 2 atom stereocenters. The van der Waals surface area contributed by atoms with Crippen LogP contribution in [0.3, 0.4) is 0 Å². The minimum atomic E-state index is -0.202. The van der Waals surface area contributed by atoms with Crippen molar-refractivity contribution in [2.75, 3.05) is 24.7 Å². The quantitative estimate of drug-likeness (QED) is 0.272. The van der Waals surface area contributed by atoms with Crippen molar-refractivity contribution >= 4 is 23.1 Å². The standard InChI is InChI=1S/C28H28N2O2S/c29-27-21(23(17-31)19-9-3-1-4-10-19)13-7-15-25(27)33-26-16-8-14-22(28(26)30)24(18-32)20-11-5-2-6-12-20/h1-16,23-24,31-32H,17-18,29-30H2. The summed E-state index contributed by atoms with van der Waals surface area (Å²) in [4.78, 5) is 1.76. The first-order chi connectivity index (χ1) is 16.1. The van der Waals surface area contributed by atoms with Gasteiger partial charge in [0.1, 0.15) is 0 Å². The molecule has 4 nitrogen and oxygen atoms in total. The minimum Gasteiger partial charge on any atom is -0.398 e. The molecule has 0 aliphatic carbocycles. The average molecular weight is 457 g/mol. The number of anilines is 2. The lowest BCUT2D eigenvalue weighted by molar-refractivity contribution is 0.280. The molecular formula is C28H28N2O2S. The lowest BCUT2D eigenvalue weighted by Crippen LogP contribution is -2.10. The number of rotatable bonds is 8. The SMILES string of the molecule is Nc1c(Sc2cccc(C(CO)c3ccccc3)c2N)cccc1C(CO)c1ccccc1. The number of nitrogen functional groups attached to an aromatic ring is 2. The van der Waals surface area contributed by atoms with Gasteiger partial charge >= 0.3 is 0 Å². The third-order valence-corrected chi connectivity index (χ3v) is 7.09.